The first-order chi connectivity index (χ1) is 7.36. The summed E-state index contributed by atoms with van der Waals surface area (Å²) in [5.74, 6) is 0. The van der Waals surface area contributed by atoms with Gasteiger partial charge in [0.2, 0.25) is 0 Å². The smallest absolute Gasteiger partial charge is 0.0948 e. The molecule has 1 aromatic carbocycles. The quantitative estimate of drug-likeness (QED) is 0.580. The van der Waals surface area contributed by atoms with Gasteiger partial charge in [-0.15, -0.1) is 0 Å². The van der Waals surface area contributed by atoms with E-state index in [4.69, 9.17) is 5.73 Å². The van der Waals surface area contributed by atoms with Crippen molar-refractivity contribution in [3.05, 3.63) is 29.8 Å². The van der Waals surface area contributed by atoms with Crippen molar-refractivity contribution < 1.29 is 0 Å². The molecule has 0 fully saturated rings. The van der Waals surface area contributed by atoms with Gasteiger partial charge in [-0.05, 0) is 24.1 Å². The third-order valence-corrected chi connectivity index (χ3v) is 2.05. The second-order valence-corrected chi connectivity index (χ2v) is 3.32. The molecule has 0 aliphatic carbocycles. The number of nitrogens with two attached hydrogens (primary N) is 1. The lowest BCUT2D eigenvalue weighted by atomic mass is 10.2. The molecule has 80 valence electrons. The van der Waals surface area contributed by atoms with Gasteiger partial charge in [-0.2, -0.15) is 4.99 Å². The molecule has 0 aliphatic rings. The van der Waals surface area contributed by atoms with Gasteiger partial charge < -0.3 is 5.73 Å². The molecule has 0 aliphatic heterocycles. The molecule has 2 N–H and O–H groups in total. The summed E-state index contributed by atoms with van der Waals surface area (Å²) < 4.78 is 0. The highest BCUT2D eigenvalue weighted by Gasteiger charge is 1.89. The first-order valence-electron chi connectivity index (χ1n) is 5.28. The number of hydrogen-bond acceptors (Lipinski definition) is 3. The molecule has 3 nitrogen and oxygen atoms in total. The fraction of sp³-hybridized carbons (Fsp3) is 0.417. The molecule has 1 aromatic rings. The minimum atomic E-state index is 0.564. The average molecular weight is 203 g/mol. The normalized spacial score (nSPS) is 9.47. The molecule has 0 heterocycles. The average Bonchev–Trinajstić information content (AvgIpc) is 2.30. The van der Waals surface area contributed by atoms with Gasteiger partial charge in [-0.1, -0.05) is 25.5 Å². The van der Waals surface area contributed by atoms with Crippen LogP contribution in [-0.2, 0) is 6.54 Å². The molecule has 0 aromatic heterocycles. The molecule has 0 unspecified atom stereocenters. The zero-order chi connectivity index (χ0) is 10.9. The molecular formula is C12H17N3. The Balaban J connectivity index is 2.52. The lowest BCUT2D eigenvalue weighted by Gasteiger charge is -1.94. The molecule has 15 heavy (non-hydrogen) atoms. The van der Waals surface area contributed by atoms with Crippen LogP contribution in [0.1, 0.15) is 25.3 Å². The van der Waals surface area contributed by atoms with E-state index in [0.717, 1.165) is 30.6 Å². The van der Waals surface area contributed by atoms with Crippen molar-refractivity contribution in [3.63, 3.8) is 0 Å². The zero-order valence-corrected chi connectivity index (χ0v) is 9.11. The summed E-state index contributed by atoms with van der Waals surface area (Å²) >= 11 is 0. The number of unbranched alkanes of at least 4 members (excludes halogenated alkanes) is 1. The van der Waals surface area contributed by atoms with E-state index in [-0.39, 0.29) is 0 Å². The number of hydrogen-bond donors (Lipinski definition) is 1. The summed E-state index contributed by atoms with van der Waals surface area (Å²) in [5, 5.41) is 0. The lowest BCUT2D eigenvalue weighted by molar-refractivity contribution is 0.810. The van der Waals surface area contributed by atoms with Crippen LogP contribution in [0.2, 0.25) is 0 Å². The fourth-order valence-corrected chi connectivity index (χ4v) is 1.09. The Hall–Kier alpha value is -1.44. The van der Waals surface area contributed by atoms with Gasteiger partial charge in [0.25, 0.3) is 0 Å². The molecular weight excluding hydrogens is 186 g/mol. The van der Waals surface area contributed by atoms with Crippen LogP contribution < -0.4 is 5.73 Å². The van der Waals surface area contributed by atoms with Gasteiger partial charge in [-0.25, -0.2) is 4.99 Å². The molecule has 0 spiro atoms. The second-order valence-electron chi connectivity index (χ2n) is 3.32. The van der Waals surface area contributed by atoms with E-state index in [1.54, 1.807) is 0 Å². The van der Waals surface area contributed by atoms with Crippen LogP contribution in [0.25, 0.3) is 0 Å². The van der Waals surface area contributed by atoms with Crippen LogP contribution in [0.3, 0.4) is 0 Å². The van der Waals surface area contributed by atoms with Crippen LogP contribution in [-0.4, -0.2) is 12.6 Å². The van der Waals surface area contributed by atoms with Crippen molar-refractivity contribution in [2.24, 2.45) is 15.7 Å². The molecule has 0 amide bonds. The van der Waals surface area contributed by atoms with Crippen LogP contribution in [0.4, 0.5) is 5.69 Å². The summed E-state index contributed by atoms with van der Waals surface area (Å²) in [6, 6.07) is 10.5. The summed E-state index contributed by atoms with van der Waals surface area (Å²) in [4.78, 5) is 8.15. The number of rotatable bonds is 5. The summed E-state index contributed by atoms with van der Waals surface area (Å²) in [6.45, 7) is 3.51. The van der Waals surface area contributed by atoms with E-state index in [1.165, 1.54) is 0 Å². The standard InChI is InChI=1S/C12H17N3/c1-2-3-8-14-10-15-12-6-4-11(9-13)5-7-12/h4-7H,2-3,8-9,13H2,1H3. The van der Waals surface area contributed by atoms with E-state index < -0.39 is 0 Å². The van der Waals surface area contributed by atoms with Crippen LogP contribution >= 0.6 is 0 Å². The largest absolute Gasteiger partial charge is 0.326 e. The van der Waals surface area contributed by atoms with Gasteiger partial charge in [0.1, 0.15) is 0 Å². The van der Waals surface area contributed by atoms with Gasteiger partial charge in [0.05, 0.1) is 11.7 Å². The summed E-state index contributed by atoms with van der Waals surface area (Å²) in [6.07, 6.45) is 2.24. The van der Waals surface area contributed by atoms with Gasteiger partial charge >= 0.3 is 0 Å². The lowest BCUT2D eigenvalue weighted by Crippen LogP contribution is -1.94. The minimum absolute atomic E-state index is 0.564. The SMILES string of the molecule is CCCCN=C=Nc1ccc(CN)cc1. The summed E-state index contributed by atoms with van der Waals surface area (Å²) in [5.41, 5.74) is 7.47. The van der Waals surface area contributed by atoms with Gasteiger partial charge in [-0.3, -0.25) is 0 Å². The Morgan fingerprint density at radius 2 is 2.00 bits per heavy atom. The van der Waals surface area contributed by atoms with Gasteiger partial charge in [0, 0.05) is 13.1 Å². The predicted molar refractivity (Wildman–Crippen MR) is 63.6 cm³/mol. The van der Waals surface area contributed by atoms with Crippen LogP contribution in [0.15, 0.2) is 34.3 Å². The van der Waals surface area contributed by atoms with E-state index >= 15 is 0 Å². The number of benzene rings is 1. The molecule has 0 bridgehead atoms. The highest BCUT2D eigenvalue weighted by Crippen LogP contribution is 2.11. The predicted octanol–water partition coefficient (Wildman–Crippen LogP) is 2.75. The van der Waals surface area contributed by atoms with E-state index in [2.05, 4.69) is 22.9 Å². The van der Waals surface area contributed by atoms with Crippen LogP contribution in [0, 0.1) is 0 Å². The third kappa shape index (κ3) is 4.54. The fourth-order valence-electron chi connectivity index (χ4n) is 1.09. The van der Waals surface area contributed by atoms with Crippen molar-refractivity contribution in [1.29, 1.82) is 0 Å². The number of nitrogens with zero attached hydrogens (tertiary/aromatic N) is 2. The Kier molecular flexibility index (Phi) is 5.38. The monoisotopic (exact) mass is 203 g/mol. The molecule has 3 heteroatoms. The zero-order valence-electron chi connectivity index (χ0n) is 9.11. The van der Waals surface area contributed by atoms with Crippen molar-refractivity contribution in [2.45, 2.75) is 26.3 Å². The molecule has 0 radical (unpaired) electrons. The Morgan fingerprint density at radius 3 is 2.60 bits per heavy atom. The maximum Gasteiger partial charge on any atom is 0.0948 e. The number of aliphatic imine (C=N–C) groups is 2. The van der Waals surface area contributed by atoms with E-state index in [1.807, 2.05) is 24.3 Å². The van der Waals surface area contributed by atoms with E-state index in [0.29, 0.717) is 6.54 Å². The van der Waals surface area contributed by atoms with Gasteiger partial charge in [0.15, 0.2) is 0 Å². The van der Waals surface area contributed by atoms with Crippen LogP contribution in [0.5, 0.6) is 0 Å². The Bertz CT molecular complexity index is 334. The minimum Gasteiger partial charge on any atom is -0.326 e. The van der Waals surface area contributed by atoms with Crippen molar-refractivity contribution >= 4 is 11.7 Å². The van der Waals surface area contributed by atoms with E-state index in [9.17, 15) is 0 Å². The summed E-state index contributed by atoms with van der Waals surface area (Å²) in [7, 11) is 0. The molecule has 0 atom stereocenters. The second kappa shape index (κ2) is 6.93. The Labute approximate surface area is 90.8 Å². The first-order valence-corrected chi connectivity index (χ1v) is 5.28. The maximum atomic E-state index is 5.49. The molecule has 1 rings (SSSR count). The topological polar surface area (TPSA) is 50.7 Å². The maximum absolute atomic E-state index is 5.49. The van der Waals surface area contributed by atoms with Crippen molar-refractivity contribution in [3.8, 4) is 0 Å². The first kappa shape index (κ1) is 11.6. The molecule has 0 saturated carbocycles. The highest BCUT2D eigenvalue weighted by atomic mass is 14.8. The third-order valence-electron chi connectivity index (χ3n) is 2.05. The van der Waals surface area contributed by atoms with Crippen molar-refractivity contribution in [2.75, 3.05) is 6.54 Å². The molecule has 0 saturated heterocycles. The van der Waals surface area contributed by atoms with Crippen molar-refractivity contribution in [1.82, 2.24) is 0 Å². The Morgan fingerprint density at radius 1 is 1.27 bits per heavy atom. The highest BCUT2D eigenvalue weighted by molar-refractivity contribution is 5.52.